The number of thiazole rings is 1. The highest BCUT2D eigenvalue weighted by Gasteiger charge is 2.18. The van der Waals surface area contributed by atoms with Crippen molar-refractivity contribution in [3.05, 3.63) is 33.4 Å². The Morgan fingerprint density at radius 3 is 2.89 bits per heavy atom. The third kappa shape index (κ3) is 2.74. The monoisotopic (exact) mass is 328 g/mol. The van der Waals surface area contributed by atoms with Crippen LogP contribution in [0.25, 0.3) is 10.7 Å². The molecule has 0 saturated heterocycles. The van der Waals surface area contributed by atoms with Gasteiger partial charge in [0.15, 0.2) is 0 Å². The molecule has 0 spiro atoms. The number of carboxylic acid groups (broad SMARTS) is 1. The Bertz CT molecular complexity index is 568. The Hall–Kier alpha value is -1.31. The van der Waals surface area contributed by atoms with E-state index in [0.29, 0.717) is 16.4 Å². The van der Waals surface area contributed by atoms with Crippen LogP contribution in [-0.2, 0) is 11.3 Å². The van der Waals surface area contributed by atoms with Gasteiger partial charge in [0.2, 0.25) is 0 Å². The number of hydrogen-bond acceptors (Lipinski definition) is 5. The zero-order chi connectivity index (χ0) is 13.1. The second-order valence-electron chi connectivity index (χ2n) is 3.39. The van der Waals surface area contributed by atoms with Crippen LogP contribution in [0.1, 0.15) is 15.4 Å². The first kappa shape index (κ1) is 13.1. The molecule has 2 heterocycles. The molecular weight excluding hydrogens is 320 g/mol. The number of halogens is 1. The van der Waals surface area contributed by atoms with Crippen molar-refractivity contribution >= 4 is 33.2 Å². The molecule has 0 aliphatic rings. The van der Waals surface area contributed by atoms with E-state index in [-0.39, 0.29) is 11.5 Å². The zero-order valence-corrected chi connectivity index (χ0v) is 11.8. The Labute approximate surface area is 116 Å². The van der Waals surface area contributed by atoms with Crippen molar-refractivity contribution in [2.45, 2.75) is 6.61 Å². The maximum atomic E-state index is 11.1. The second-order valence-corrected chi connectivity index (χ2v) is 5.31. The minimum Gasteiger partial charge on any atom is -0.477 e. The Balaban J connectivity index is 2.42. The van der Waals surface area contributed by atoms with Gasteiger partial charge in [-0.05, 0) is 28.1 Å². The SMILES string of the molecule is COCc1nc(-c2ccc(Br)cn2)sc1C(=O)O. The summed E-state index contributed by atoms with van der Waals surface area (Å²) in [4.78, 5) is 19.7. The van der Waals surface area contributed by atoms with Crippen LogP contribution in [0.5, 0.6) is 0 Å². The molecule has 7 heteroatoms. The fourth-order valence-corrected chi connectivity index (χ4v) is 2.48. The molecule has 0 aliphatic carbocycles. The lowest BCUT2D eigenvalue weighted by atomic mass is 10.3. The quantitative estimate of drug-likeness (QED) is 0.934. The average molecular weight is 329 g/mol. The van der Waals surface area contributed by atoms with Crippen LogP contribution in [0.4, 0.5) is 0 Å². The normalized spacial score (nSPS) is 10.6. The molecule has 5 nitrogen and oxygen atoms in total. The summed E-state index contributed by atoms with van der Waals surface area (Å²) in [7, 11) is 1.50. The minimum atomic E-state index is -0.997. The van der Waals surface area contributed by atoms with E-state index in [2.05, 4.69) is 25.9 Å². The molecule has 0 saturated carbocycles. The maximum Gasteiger partial charge on any atom is 0.347 e. The number of pyridine rings is 1. The van der Waals surface area contributed by atoms with Gasteiger partial charge in [-0.2, -0.15) is 0 Å². The van der Waals surface area contributed by atoms with Gasteiger partial charge in [0, 0.05) is 17.8 Å². The van der Waals surface area contributed by atoms with E-state index in [9.17, 15) is 4.79 Å². The first-order chi connectivity index (χ1) is 8.61. The Morgan fingerprint density at radius 2 is 2.33 bits per heavy atom. The average Bonchev–Trinajstić information content (AvgIpc) is 2.75. The van der Waals surface area contributed by atoms with Gasteiger partial charge in [0.1, 0.15) is 9.88 Å². The third-order valence-electron chi connectivity index (χ3n) is 2.12. The number of aromatic carboxylic acids is 1. The van der Waals surface area contributed by atoms with E-state index in [1.54, 1.807) is 12.3 Å². The lowest BCUT2D eigenvalue weighted by molar-refractivity contribution is 0.0697. The van der Waals surface area contributed by atoms with Gasteiger partial charge in [0.25, 0.3) is 0 Å². The largest absolute Gasteiger partial charge is 0.477 e. The van der Waals surface area contributed by atoms with Crippen molar-refractivity contribution in [1.29, 1.82) is 0 Å². The summed E-state index contributed by atoms with van der Waals surface area (Å²) in [6.07, 6.45) is 1.65. The van der Waals surface area contributed by atoms with Gasteiger partial charge in [-0.25, -0.2) is 9.78 Å². The number of rotatable bonds is 4. The minimum absolute atomic E-state index is 0.175. The molecule has 2 rings (SSSR count). The molecule has 0 atom stereocenters. The molecule has 2 aromatic heterocycles. The van der Waals surface area contributed by atoms with Crippen LogP contribution >= 0.6 is 27.3 Å². The first-order valence-corrected chi connectivity index (χ1v) is 6.56. The van der Waals surface area contributed by atoms with Gasteiger partial charge in [-0.1, -0.05) is 0 Å². The topological polar surface area (TPSA) is 72.3 Å². The molecule has 0 aliphatic heterocycles. The van der Waals surface area contributed by atoms with Crippen molar-refractivity contribution < 1.29 is 14.6 Å². The third-order valence-corrected chi connectivity index (χ3v) is 3.70. The number of methoxy groups -OCH3 is 1. The predicted octanol–water partition coefficient (Wildman–Crippen LogP) is 2.81. The number of ether oxygens (including phenoxy) is 1. The van der Waals surface area contributed by atoms with E-state index < -0.39 is 5.97 Å². The van der Waals surface area contributed by atoms with Crippen molar-refractivity contribution in [1.82, 2.24) is 9.97 Å². The highest BCUT2D eigenvalue weighted by Crippen LogP contribution is 2.27. The molecule has 1 N–H and O–H groups in total. The van der Waals surface area contributed by atoms with Crippen molar-refractivity contribution in [3.63, 3.8) is 0 Å². The van der Waals surface area contributed by atoms with Crippen LogP contribution < -0.4 is 0 Å². The van der Waals surface area contributed by atoms with Crippen LogP contribution in [0.15, 0.2) is 22.8 Å². The van der Waals surface area contributed by atoms with Crippen LogP contribution in [0.2, 0.25) is 0 Å². The highest BCUT2D eigenvalue weighted by atomic mass is 79.9. The number of carboxylic acids is 1. The molecule has 0 radical (unpaired) electrons. The van der Waals surface area contributed by atoms with Crippen molar-refractivity contribution in [3.8, 4) is 10.7 Å². The summed E-state index contributed by atoms with van der Waals surface area (Å²) >= 11 is 4.39. The molecule has 0 fully saturated rings. The number of hydrogen-bond donors (Lipinski definition) is 1. The van der Waals surface area contributed by atoms with E-state index in [4.69, 9.17) is 9.84 Å². The standard InChI is InChI=1S/C11H9BrN2O3S/c1-17-5-8-9(11(15)16)18-10(14-8)7-3-2-6(12)4-13-7/h2-4H,5H2,1H3,(H,15,16). The Kier molecular flexibility index (Phi) is 4.05. The summed E-state index contributed by atoms with van der Waals surface area (Å²) in [6, 6.07) is 3.62. The van der Waals surface area contributed by atoms with Crippen LogP contribution in [-0.4, -0.2) is 28.2 Å². The summed E-state index contributed by atoms with van der Waals surface area (Å²) in [6.45, 7) is 0.175. The molecule has 0 unspecified atom stereocenters. The summed E-state index contributed by atoms with van der Waals surface area (Å²) in [5, 5.41) is 9.66. The van der Waals surface area contributed by atoms with Crippen LogP contribution in [0.3, 0.4) is 0 Å². The van der Waals surface area contributed by atoms with Gasteiger partial charge >= 0.3 is 5.97 Å². The fourth-order valence-electron chi connectivity index (χ4n) is 1.37. The summed E-state index contributed by atoms with van der Waals surface area (Å²) in [5.74, 6) is -0.997. The molecule has 0 bridgehead atoms. The number of nitrogens with zero attached hydrogens (tertiary/aromatic N) is 2. The number of aromatic nitrogens is 2. The van der Waals surface area contributed by atoms with Crippen molar-refractivity contribution in [2.24, 2.45) is 0 Å². The molecule has 0 amide bonds. The van der Waals surface area contributed by atoms with E-state index >= 15 is 0 Å². The maximum absolute atomic E-state index is 11.1. The van der Waals surface area contributed by atoms with Gasteiger partial charge in [-0.3, -0.25) is 4.98 Å². The fraction of sp³-hybridized carbons (Fsp3) is 0.182. The smallest absolute Gasteiger partial charge is 0.347 e. The second kappa shape index (κ2) is 5.55. The van der Waals surface area contributed by atoms with Gasteiger partial charge in [-0.15, -0.1) is 11.3 Å². The molecular formula is C11H9BrN2O3S. The Morgan fingerprint density at radius 1 is 1.56 bits per heavy atom. The lowest BCUT2D eigenvalue weighted by Gasteiger charge is -1.95. The van der Waals surface area contributed by atoms with E-state index in [0.717, 1.165) is 15.8 Å². The molecule has 18 heavy (non-hydrogen) atoms. The van der Waals surface area contributed by atoms with E-state index in [1.165, 1.54) is 7.11 Å². The highest BCUT2D eigenvalue weighted by molar-refractivity contribution is 9.10. The van der Waals surface area contributed by atoms with E-state index in [1.807, 2.05) is 6.07 Å². The molecule has 94 valence electrons. The lowest BCUT2D eigenvalue weighted by Crippen LogP contribution is -1.99. The number of carbonyl (C=O) groups is 1. The van der Waals surface area contributed by atoms with Gasteiger partial charge < -0.3 is 9.84 Å². The predicted molar refractivity (Wildman–Crippen MR) is 70.7 cm³/mol. The van der Waals surface area contributed by atoms with Crippen LogP contribution in [0, 0.1) is 0 Å². The van der Waals surface area contributed by atoms with Gasteiger partial charge in [0.05, 0.1) is 18.0 Å². The zero-order valence-electron chi connectivity index (χ0n) is 9.38. The molecule has 2 aromatic rings. The molecule has 0 aromatic carbocycles. The van der Waals surface area contributed by atoms with Crippen molar-refractivity contribution in [2.75, 3.05) is 7.11 Å². The summed E-state index contributed by atoms with van der Waals surface area (Å²) in [5.41, 5.74) is 1.07. The first-order valence-electron chi connectivity index (χ1n) is 4.95. The summed E-state index contributed by atoms with van der Waals surface area (Å²) < 4.78 is 5.80.